The number of allylic oxidation sites excluding steroid dienone is 2. The minimum absolute atomic E-state index is 0.136. The molecule has 1 aromatic carbocycles. The Bertz CT molecular complexity index is 570. The molecule has 0 amide bonds. The van der Waals surface area contributed by atoms with Gasteiger partial charge in [-0.15, -0.1) is 0 Å². The van der Waals surface area contributed by atoms with Crippen LogP contribution in [0.2, 0.25) is 0 Å². The van der Waals surface area contributed by atoms with Crippen molar-refractivity contribution >= 4 is 16.9 Å². The van der Waals surface area contributed by atoms with Gasteiger partial charge in [0.25, 0.3) is 0 Å². The van der Waals surface area contributed by atoms with E-state index in [0.717, 1.165) is 17.1 Å². The smallest absolute Gasteiger partial charge is 0.195 e. The van der Waals surface area contributed by atoms with Crippen LogP contribution in [0.25, 0.3) is 0 Å². The molecule has 0 saturated carbocycles. The van der Waals surface area contributed by atoms with Crippen LogP contribution in [0.3, 0.4) is 0 Å². The molecule has 0 fully saturated rings. The van der Waals surface area contributed by atoms with E-state index in [-0.39, 0.29) is 5.12 Å². The summed E-state index contributed by atoms with van der Waals surface area (Å²) in [7, 11) is 0. The van der Waals surface area contributed by atoms with Crippen molar-refractivity contribution in [3.05, 3.63) is 58.6 Å². The number of nitrogens with zero attached hydrogens (tertiary/aromatic N) is 1. The van der Waals surface area contributed by atoms with Crippen LogP contribution in [0.5, 0.6) is 0 Å². The zero-order valence-electron chi connectivity index (χ0n) is 10.4. The molecule has 1 aliphatic heterocycles. The lowest BCUT2D eigenvalue weighted by molar-refractivity contribution is -0.110. The number of hydrogen-bond acceptors (Lipinski definition) is 4. The predicted octanol–water partition coefficient (Wildman–Crippen LogP) is 2.75. The molecule has 0 spiro atoms. The number of benzene rings is 1. The quantitative estimate of drug-likeness (QED) is 0.914. The van der Waals surface area contributed by atoms with Crippen LogP contribution in [0, 0.1) is 11.3 Å². The van der Waals surface area contributed by atoms with E-state index in [1.54, 1.807) is 6.07 Å². The van der Waals surface area contributed by atoms with Gasteiger partial charge in [0.15, 0.2) is 5.12 Å². The molecule has 1 aliphatic rings. The molecule has 96 valence electrons. The van der Waals surface area contributed by atoms with Crippen molar-refractivity contribution in [3.8, 4) is 6.07 Å². The Balaban J connectivity index is 1.84. The monoisotopic (exact) mass is 270 g/mol. The highest BCUT2D eigenvalue weighted by atomic mass is 32.2. The van der Waals surface area contributed by atoms with Crippen LogP contribution in [0.15, 0.2) is 47.5 Å². The van der Waals surface area contributed by atoms with Gasteiger partial charge in [-0.3, -0.25) is 4.79 Å². The molecule has 1 aromatic rings. The first-order valence-electron chi connectivity index (χ1n) is 6.08. The Morgan fingerprint density at radius 3 is 3.11 bits per heavy atom. The number of nitrogens with one attached hydrogen (secondary N) is 1. The largest absolute Gasteiger partial charge is 0.376 e. The summed E-state index contributed by atoms with van der Waals surface area (Å²) in [4.78, 5) is 11.8. The van der Waals surface area contributed by atoms with E-state index in [2.05, 4.69) is 11.4 Å². The Labute approximate surface area is 117 Å². The molecule has 0 saturated heterocycles. The first-order valence-corrected chi connectivity index (χ1v) is 6.90. The van der Waals surface area contributed by atoms with E-state index in [0.29, 0.717) is 18.4 Å². The molecule has 0 unspecified atom stereocenters. The summed E-state index contributed by atoms with van der Waals surface area (Å²) in [5.74, 6) is 0. The Morgan fingerprint density at radius 1 is 1.47 bits per heavy atom. The van der Waals surface area contributed by atoms with E-state index in [1.807, 2.05) is 36.4 Å². The van der Waals surface area contributed by atoms with Gasteiger partial charge in [-0.1, -0.05) is 24.3 Å². The second-order valence-electron chi connectivity index (χ2n) is 4.13. The standard InChI is InChI=1S/C15H14N2OS/c16-11-13-5-3-4-12(10-13)7-8-15(18)19-14-6-1-2-9-17-14/h1-6,10,17H,7-9H2. The highest BCUT2D eigenvalue weighted by Crippen LogP contribution is 2.19. The highest BCUT2D eigenvalue weighted by molar-refractivity contribution is 8.16. The van der Waals surface area contributed by atoms with Crippen LogP contribution >= 0.6 is 11.8 Å². The van der Waals surface area contributed by atoms with Gasteiger partial charge < -0.3 is 5.32 Å². The van der Waals surface area contributed by atoms with Gasteiger partial charge in [0.1, 0.15) is 0 Å². The maximum atomic E-state index is 11.8. The molecule has 0 aliphatic carbocycles. The maximum absolute atomic E-state index is 11.8. The van der Waals surface area contributed by atoms with Crippen LogP contribution in [0.1, 0.15) is 17.5 Å². The number of aryl methyl sites for hydroxylation is 1. The molecule has 0 bridgehead atoms. The third kappa shape index (κ3) is 4.31. The minimum atomic E-state index is 0.136. The Morgan fingerprint density at radius 2 is 2.37 bits per heavy atom. The molecular formula is C15H14N2OS. The average molecular weight is 270 g/mol. The van der Waals surface area contributed by atoms with Gasteiger partial charge in [-0.2, -0.15) is 5.26 Å². The van der Waals surface area contributed by atoms with Gasteiger partial charge in [0.2, 0.25) is 0 Å². The van der Waals surface area contributed by atoms with E-state index < -0.39 is 0 Å². The third-order valence-electron chi connectivity index (χ3n) is 2.68. The Hall–Kier alpha value is -1.99. The summed E-state index contributed by atoms with van der Waals surface area (Å²) in [6.07, 6.45) is 7.00. The average Bonchev–Trinajstić information content (AvgIpc) is 2.46. The lowest BCUT2D eigenvalue weighted by Gasteiger charge is -2.10. The van der Waals surface area contributed by atoms with Gasteiger partial charge >= 0.3 is 0 Å². The van der Waals surface area contributed by atoms with E-state index >= 15 is 0 Å². The molecule has 0 atom stereocenters. The summed E-state index contributed by atoms with van der Waals surface area (Å²) in [6.45, 7) is 0.774. The molecule has 1 N–H and O–H groups in total. The molecule has 0 aromatic heterocycles. The normalized spacial score (nSPS) is 13.3. The summed E-state index contributed by atoms with van der Waals surface area (Å²) in [5.41, 5.74) is 1.66. The van der Waals surface area contributed by atoms with Gasteiger partial charge in [-0.05, 0) is 42.0 Å². The lowest BCUT2D eigenvalue weighted by Crippen LogP contribution is -2.14. The van der Waals surface area contributed by atoms with Gasteiger partial charge in [-0.25, -0.2) is 0 Å². The van der Waals surface area contributed by atoms with Crippen LogP contribution in [-0.2, 0) is 11.2 Å². The topological polar surface area (TPSA) is 52.9 Å². The number of rotatable bonds is 4. The first-order chi connectivity index (χ1) is 9.28. The van der Waals surface area contributed by atoms with E-state index in [4.69, 9.17) is 5.26 Å². The SMILES string of the molecule is N#Cc1cccc(CCC(=O)SC2=CC=CCN2)c1. The predicted molar refractivity (Wildman–Crippen MR) is 77.3 cm³/mol. The molecule has 3 nitrogen and oxygen atoms in total. The maximum Gasteiger partial charge on any atom is 0.195 e. The van der Waals surface area contributed by atoms with E-state index in [1.165, 1.54) is 11.8 Å². The van der Waals surface area contributed by atoms with Crippen LogP contribution in [0.4, 0.5) is 0 Å². The van der Waals surface area contributed by atoms with E-state index in [9.17, 15) is 4.79 Å². The molecular weight excluding hydrogens is 256 g/mol. The fourth-order valence-electron chi connectivity index (χ4n) is 1.73. The number of carbonyl (C=O) groups is 1. The fraction of sp³-hybridized carbons (Fsp3) is 0.200. The van der Waals surface area contributed by atoms with Crippen molar-refractivity contribution in [2.45, 2.75) is 12.8 Å². The van der Waals surface area contributed by atoms with Crippen molar-refractivity contribution in [2.75, 3.05) is 6.54 Å². The van der Waals surface area contributed by atoms with Gasteiger partial charge in [0, 0.05) is 13.0 Å². The molecule has 0 radical (unpaired) electrons. The summed E-state index contributed by atoms with van der Waals surface area (Å²) in [5, 5.41) is 13.0. The lowest BCUT2D eigenvalue weighted by atomic mass is 10.1. The highest BCUT2D eigenvalue weighted by Gasteiger charge is 2.08. The minimum Gasteiger partial charge on any atom is -0.376 e. The third-order valence-corrected chi connectivity index (χ3v) is 3.61. The number of dihydropyridines is 1. The van der Waals surface area contributed by atoms with Crippen molar-refractivity contribution in [2.24, 2.45) is 0 Å². The van der Waals surface area contributed by atoms with Crippen molar-refractivity contribution < 1.29 is 4.79 Å². The second kappa shape index (κ2) is 6.81. The molecule has 2 rings (SSSR count). The van der Waals surface area contributed by atoms with Crippen LogP contribution in [-0.4, -0.2) is 11.7 Å². The van der Waals surface area contributed by atoms with Crippen molar-refractivity contribution in [3.63, 3.8) is 0 Å². The molecule has 4 heteroatoms. The number of thioether (sulfide) groups is 1. The Kier molecular flexibility index (Phi) is 4.82. The molecule has 1 heterocycles. The van der Waals surface area contributed by atoms with Crippen LogP contribution < -0.4 is 5.32 Å². The number of carbonyl (C=O) groups excluding carboxylic acids is 1. The van der Waals surface area contributed by atoms with Gasteiger partial charge in [0.05, 0.1) is 16.7 Å². The number of hydrogen-bond donors (Lipinski definition) is 1. The molecule has 19 heavy (non-hydrogen) atoms. The van der Waals surface area contributed by atoms with Crippen molar-refractivity contribution in [1.82, 2.24) is 5.32 Å². The van der Waals surface area contributed by atoms with Crippen molar-refractivity contribution in [1.29, 1.82) is 5.26 Å². The zero-order chi connectivity index (χ0) is 13.5. The summed E-state index contributed by atoms with van der Waals surface area (Å²) >= 11 is 1.24. The summed E-state index contributed by atoms with van der Waals surface area (Å²) in [6, 6.07) is 9.50. The number of nitriles is 1. The summed E-state index contributed by atoms with van der Waals surface area (Å²) < 4.78 is 0. The second-order valence-corrected chi connectivity index (χ2v) is 5.23. The first kappa shape index (κ1) is 13.4. The fourth-order valence-corrected chi connectivity index (χ4v) is 2.48. The zero-order valence-corrected chi connectivity index (χ0v) is 11.2.